The van der Waals surface area contributed by atoms with Crippen molar-refractivity contribution in [2.75, 3.05) is 6.61 Å². The first-order valence-corrected chi connectivity index (χ1v) is 8.08. The van der Waals surface area contributed by atoms with Crippen LogP contribution >= 0.6 is 11.3 Å². The van der Waals surface area contributed by atoms with Crippen LogP contribution in [0.4, 0.5) is 0 Å². The maximum absolute atomic E-state index is 12.2. The Morgan fingerprint density at radius 2 is 2.10 bits per heavy atom. The van der Waals surface area contributed by atoms with E-state index in [1.807, 2.05) is 13.8 Å². The Kier molecular flexibility index (Phi) is 5.13. The third kappa shape index (κ3) is 3.51. The van der Waals surface area contributed by atoms with Gasteiger partial charge >= 0.3 is 0 Å². The SMILES string of the molecule is Cc1sc2nc(CN[C@H](CCO)C(C)C)[nH]c(=O)c2c1C. The van der Waals surface area contributed by atoms with Crippen LogP contribution in [0.3, 0.4) is 0 Å². The molecule has 5 nitrogen and oxygen atoms in total. The summed E-state index contributed by atoms with van der Waals surface area (Å²) < 4.78 is 0. The summed E-state index contributed by atoms with van der Waals surface area (Å²) in [7, 11) is 0. The molecule has 21 heavy (non-hydrogen) atoms. The number of hydrogen-bond donors (Lipinski definition) is 3. The molecule has 6 heteroatoms. The number of rotatable bonds is 6. The van der Waals surface area contributed by atoms with E-state index in [0.29, 0.717) is 30.1 Å². The van der Waals surface area contributed by atoms with Crippen molar-refractivity contribution in [2.24, 2.45) is 5.92 Å². The van der Waals surface area contributed by atoms with E-state index in [1.54, 1.807) is 11.3 Å². The largest absolute Gasteiger partial charge is 0.396 e. The molecule has 0 bridgehead atoms. The first kappa shape index (κ1) is 16.1. The van der Waals surface area contributed by atoms with Crippen LogP contribution in [0.5, 0.6) is 0 Å². The molecule has 0 amide bonds. The lowest BCUT2D eigenvalue weighted by Crippen LogP contribution is -2.35. The molecule has 0 spiro atoms. The lowest BCUT2D eigenvalue weighted by Gasteiger charge is -2.21. The average molecular weight is 309 g/mol. The number of aliphatic hydroxyl groups excluding tert-OH is 1. The zero-order valence-electron chi connectivity index (χ0n) is 13.0. The van der Waals surface area contributed by atoms with Crippen LogP contribution in [0.2, 0.25) is 0 Å². The van der Waals surface area contributed by atoms with Gasteiger partial charge in [0, 0.05) is 17.5 Å². The Bertz CT molecular complexity index is 675. The Morgan fingerprint density at radius 3 is 2.71 bits per heavy atom. The average Bonchev–Trinajstić information content (AvgIpc) is 2.70. The predicted molar refractivity (Wildman–Crippen MR) is 86.9 cm³/mol. The predicted octanol–water partition coefficient (Wildman–Crippen LogP) is 2.10. The molecule has 116 valence electrons. The maximum Gasteiger partial charge on any atom is 0.259 e. The first-order valence-electron chi connectivity index (χ1n) is 7.27. The van der Waals surface area contributed by atoms with Gasteiger partial charge in [-0.3, -0.25) is 4.79 Å². The third-order valence-corrected chi connectivity index (χ3v) is 4.97. The number of aromatic amines is 1. The normalized spacial score (nSPS) is 13.2. The molecule has 0 aromatic carbocycles. The molecule has 0 aliphatic rings. The van der Waals surface area contributed by atoms with Gasteiger partial charge in [0.1, 0.15) is 10.7 Å². The second-order valence-electron chi connectivity index (χ2n) is 5.72. The van der Waals surface area contributed by atoms with Gasteiger partial charge in [0.25, 0.3) is 5.56 Å². The van der Waals surface area contributed by atoms with E-state index in [1.165, 1.54) is 0 Å². The minimum atomic E-state index is -0.0677. The highest BCUT2D eigenvalue weighted by Gasteiger charge is 2.14. The Labute approximate surface area is 128 Å². The maximum atomic E-state index is 12.2. The van der Waals surface area contributed by atoms with Crippen molar-refractivity contribution >= 4 is 21.6 Å². The van der Waals surface area contributed by atoms with Crippen LogP contribution in [-0.4, -0.2) is 27.7 Å². The van der Waals surface area contributed by atoms with E-state index >= 15 is 0 Å². The fourth-order valence-electron chi connectivity index (χ4n) is 2.42. The second-order valence-corrected chi connectivity index (χ2v) is 6.92. The number of fused-ring (bicyclic) bond motifs is 1. The number of nitrogens with zero attached hydrogens (tertiary/aromatic N) is 1. The summed E-state index contributed by atoms with van der Waals surface area (Å²) in [6, 6.07) is 0.211. The monoisotopic (exact) mass is 309 g/mol. The van der Waals surface area contributed by atoms with E-state index < -0.39 is 0 Å². The summed E-state index contributed by atoms with van der Waals surface area (Å²) in [6.07, 6.45) is 0.696. The molecular formula is C15H23N3O2S. The molecule has 2 aromatic rings. The van der Waals surface area contributed by atoms with E-state index in [9.17, 15) is 4.79 Å². The molecule has 0 fully saturated rings. The van der Waals surface area contributed by atoms with Crippen LogP contribution in [0, 0.1) is 19.8 Å². The summed E-state index contributed by atoms with van der Waals surface area (Å²) in [5.74, 6) is 1.07. The summed E-state index contributed by atoms with van der Waals surface area (Å²) in [4.78, 5) is 21.5. The van der Waals surface area contributed by atoms with Gasteiger partial charge in [-0.05, 0) is 31.7 Å². The quantitative estimate of drug-likeness (QED) is 0.763. The Hall–Kier alpha value is -1.24. The number of aryl methyl sites for hydroxylation is 2. The van der Waals surface area contributed by atoms with Gasteiger partial charge in [0.2, 0.25) is 0 Å². The van der Waals surface area contributed by atoms with Gasteiger partial charge in [-0.1, -0.05) is 13.8 Å². The first-order chi connectivity index (χ1) is 9.93. The Balaban J connectivity index is 2.21. The van der Waals surface area contributed by atoms with Crippen LogP contribution in [0.15, 0.2) is 4.79 Å². The lowest BCUT2D eigenvalue weighted by molar-refractivity contribution is 0.243. The van der Waals surface area contributed by atoms with Crippen molar-refractivity contribution in [3.63, 3.8) is 0 Å². The van der Waals surface area contributed by atoms with Gasteiger partial charge in [0.15, 0.2) is 0 Å². The lowest BCUT2D eigenvalue weighted by atomic mass is 10.0. The summed E-state index contributed by atoms with van der Waals surface area (Å²) in [5, 5.41) is 13.2. The van der Waals surface area contributed by atoms with Gasteiger partial charge < -0.3 is 15.4 Å². The highest BCUT2D eigenvalue weighted by Crippen LogP contribution is 2.25. The highest BCUT2D eigenvalue weighted by molar-refractivity contribution is 7.18. The Morgan fingerprint density at radius 1 is 1.38 bits per heavy atom. The van der Waals surface area contributed by atoms with Gasteiger partial charge in [-0.2, -0.15) is 0 Å². The van der Waals surface area contributed by atoms with E-state index in [4.69, 9.17) is 5.11 Å². The molecule has 3 N–H and O–H groups in total. The van der Waals surface area contributed by atoms with E-state index in [2.05, 4.69) is 29.1 Å². The number of nitrogens with one attached hydrogen (secondary N) is 2. The minimum absolute atomic E-state index is 0.0677. The van der Waals surface area contributed by atoms with Gasteiger partial charge in [-0.25, -0.2) is 4.98 Å². The molecule has 0 saturated carbocycles. The third-order valence-electron chi connectivity index (χ3n) is 3.86. The molecular weight excluding hydrogens is 286 g/mol. The fourth-order valence-corrected chi connectivity index (χ4v) is 3.47. The number of H-pyrrole nitrogens is 1. The molecule has 0 aliphatic heterocycles. The minimum Gasteiger partial charge on any atom is -0.396 e. The zero-order valence-corrected chi connectivity index (χ0v) is 13.8. The highest BCUT2D eigenvalue weighted by atomic mass is 32.1. The van der Waals surface area contributed by atoms with Gasteiger partial charge in [0.05, 0.1) is 11.9 Å². The number of aromatic nitrogens is 2. The van der Waals surface area contributed by atoms with Crippen molar-refractivity contribution in [3.05, 3.63) is 26.6 Å². The van der Waals surface area contributed by atoms with Crippen molar-refractivity contribution in [3.8, 4) is 0 Å². The number of hydrogen-bond acceptors (Lipinski definition) is 5. The van der Waals surface area contributed by atoms with Crippen LogP contribution in [0.1, 0.15) is 36.5 Å². The molecule has 0 saturated heterocycles. The number of aliphatic hydroxyl groups is 1. The summed E-state index contributed by atoms with van der Waals surface area (Å²) >= 11 is 1.56. The van der Waals surface area contributed by atoms with E-state index in [-0.39, 0.29) is 18.2 Å². The van der Waals surface area contributed by atoms with Crippen molar-refractivity contribution < 1.29 is 5.11 Å². The topological polar surface area (TPSA) is 78.0 Å². The smallest absolute Gasteiger partial charge is 0.259 e. The van der Waals surface area contributed by atoms with Crippen LogP contribution in [0.25, 0.3) is 10.2 Å². The van der Waals surface area contributed by atoms with Crippen LogP contribution in [-0.2, 0) is 6.54 Å². The summed E-state index contributed by atoms with van der Waals surface area (Å²) in [5.41, 5.74) is 0.950. The second kappa shape index (κ2) is 6.68. The van der Waals surface area contributed by atoms with Crippen molar-refractivity contribution in [1.82, 2.24) is 15.3 Å². The molecule has 0 radical (unpaired) electrons. The molecule has 2 heterocycles. The molecule has 2 rings (SSSR count). The molecule has 1 atom stereocenters. The summed E-state index contributed by atoms with van der Waals surface area (Å²) in [6.45, 7) is 8.84. The zero-order chi connectivity index (χ0) is 15.6. The fraction of sp³-hybridized carbons (Fsp3) is 0.600. The van der Waals surface area contributed by atoms with Crippen molar-refractivity contribution in [1.29, 1.82) is 0 Å². The molecule has 0 aliphatic carbocycles. The molecule has 0 unspecified atom stereocenters. The van der Waals surface area contributed by atoms with Gasteiger partial charge in [-0.15, -0.1) is 11.3 Å². The molecule has 2 aromatic heterocycles. The van der Waals surface area contributed by atoms with Crippen LogP contribution < -0.4 is 10.9 Å². The number of thiophene rings is 1. The standard InChI is InChI=1S/C15H23N3O2S/c1-8(2)11(5-6-19)16-7-12-17-14(20)13-9(3)10(4)21-15(13)18-12/h8,11,16,19H,5-7H2,1-4H3,(H,17,18,20)/t11-/m1/s1. The van der Waals surface area contributed by atoms with Crippen molar-refractivity contribution in [2.45, 2.75) is 46.7 Å². The van der Waals surface area contributed by atoms with E-state index in [0.717, 1.165) is 15.3 Å².